The van der Waals surface area contributed by atoms with Gasteiger partial charge in [0.25, 0.3) is 11.8 Å². The molecule has 0 N–H and O–H groups in total. The standard InChI is InChI=1S/C28H27N3O7/c1-5-37-27(36)28(18(4)32,11-8-12-31-25(34)19-9-6-7-10-20(19)26(31)35)30-29-22-15-21-16(2)14-24(33)38-23(21)13-17(22)3/h6-7,9-10,13-15H,5,8,11-12H2,1-4H3/t28-/m0/s1. The Kier molecular flexibility index (Phi) is 7.34. The van der Waals surface area contributed by atoms with E-state index in [9.17, 15) is 24.0 Å². The number of hydrogen-bond acceptors (Lipinski definition) is 9. The summed E-state index contributed by atoms with van der Waals surface area (Å²) in [6.45, 7) is 6.34. The van der Waals surface area contributed by atoms with E-state index in [0.29, 0.717) is 38.9 Å². The Hall–Kier alpha value is -4.47. The van der Waals surface area contributed by atoms with Crippen LogP contribution in [0.3, 0.4) is 0 Å². The molecule has 0 radical (unpaired) electrons. The summed E-state index contributed by atoms with van der Waals surface area (Å²) in [7, 11) is 0. The van der Waals surface area contributed by atoms with Gasteiger partial charge in [-0.15, -0.1) is 0 Å². The summed E-state index contributed by atoms with van der Waals surface area (Å²) in [6, 6.07) is 11.2. The van der Waals surface area contributed by atoms with Gasteiger partial charge in [0, 0.05) is 18.0 Å². The molecule has 0 aliphatic carbocycles. The van der Waals surface area contributed by atoms with Crippen molar-refractivity contribution < 1.29 is 28.3 Å². The number of carbonyl (C=O) groups is 4. The lowest BCUT2D eigenvalue weighted by Crippen LogP contribution is -2.45. The van der Waals surface area contributed by atoms with E-state index in [2.05, 4.69) is 10.2 Å². The molecule has 1 aromatic heterocycles. The van der Waals surface area contributed by atoms with Gasteiger partial charge in [-0.2, -0.15) is 10.2 Å². The molecule has 2 amide bonds. The topological polar surface area (TPSA) is 136 Å². The van der Waals surface area contributed by atoms with E-state index in [0.717, 1.165) is 4.90 Å². The smallest absolute Gasteiger partial charge is 0.343 e. The average Bonchev–Trinajstić information content (AvgIpc) is 3.11. The fourth-order valence-electron chi connectivity index (χ4n) is 4.47. The van der Waals surface area contributed by atoms with Crippen LogP contribution in [0.1, 0.15) is 58.5 Å². The first-order chi connectivity index (χ1) is 18.1. The molecule has 2 aromatic carbocycles. The van der Waals surface area contributed by atoms with Gasteiger partial charge in [0.15, 0.2) is 5.78 Å². The van der Waals surface area contributed by atoms with Crippen LogP contribution >= 0.6 is 0 Å². The molecule has 1 atom stereocenters. The van der Waals surface area contributed by atoms with E-state index in [1.807, 2.05) is 0 Å². The number of esters is 1. The maximum atomic E-state index is 13.1. The maximum absolute atomic E-state index is 13.1. The molecule has 1 aliphatic rings. The molecule has 38 heavy (non-hydrogen) atoms. The average molecular weight is 518 g/mol. The first-order valence-corrected chi connectivity index (χ1v) is 12.2. The van der Waals surface area contributed by atoms with Crippen molar-refractivity contribution in [1.82, 2.24) is 4.90 Å². The fraction of sp³-hybridized carbons (Fsp3) is 0.321. The van der Waals surface area contributed by atoms with Crippen LogP contribution in [0.4, 0.5) is 5.69 Å². The molecule has 0 unspecified atom stereocenters. The molecule has 0 spiro atoms. The number of ketones is 1. The Morgan fingerprint density at radius 2 is 1.66 bits per heavy atom. The molecule has 3 aromatic rings. The molecular formula is C28H27N3O7. The number of rotatable bonds is 9. The zero-order chi connectivity index (χ0) is 27.6. The van der Waals surface area contributed by atoms with E-state index in [-0.39, 0.29) is 26.0 Å². The van der Waals surface area contributed by atoms with Crippen LogP contribution in [-0.2, 0) is 14.3 Å². The summed E-state index contributed by atoms with van der Waals surface area (Å²) < 4.78 is 10.5. The van der Waals surface area contributed by atoms with Crippen molar-refractivity contribution in [3.8, 4) is 0 Å². The second-order valence-electron chi connectivity index (χ2n) is 9.13. The van der Waals surface area contributed by atoms with Gasteiger partial charge >= 0.3 is 11.6 Å². The number of Topliss-reactive ketones (excluding diaryl/α,β-unsaturated/α-hetero) is 1. The minimum atomic E-state index is -1.96. The van der Waals surface area contributed by atoms with Gasteiger partial charge in [0.05, 0.1) is 23.4 Å². The van der Waals surface area contributed by atoms with Crippen LogP contribution in [-0.4, -0.2) is 47.2 Å². The third-order valence-corrected chi connectivity index (χ3v) is 6.59. The van der Waals surface area contributed by atoms with Gasteiger partial charge in [-0.05, 0) is 75.9 Å². The molecule has 4 rings (SSSR count). The SMILES string of the molecule is CCOC(=O)[C@@](CCCN1C(=O)c2ccccc2C1=O)(N=Nc1cc2c(C)cc(=O)oc2cc1C)C(C)=O. The second-order valence-corrected chi connectivity index (χ2v) is 9.13. The lowest BCUT2D eigenvalue weighted by Gasteiger charge is -2.24. The minimum absolute atomic E-state index is 0.0104. The van der Waals surface area contributed by atoms with Gasteiger partial charge < -0.3 is 9.15 Å². The Bertz CT molecular complexity index is 1520. The molecule has 0 saturated carbocycles. The van der Waals surface area contributed by atoms with E-state index in [1.165, 1.54) is 13.0 Å². The quantitative estimate of drug-likeness (QED) is 0.134. The van der Waals surface area contributed by atoms with Crippen molar-refractivity contribution in [2.75, 3.05) is 13.2 Å². The molecular weight excluding hydrogens is 490 g/mol. The van der Waals surface area contributed by atoms with Gasteiger partial charge in [-0.1, -0.05) is 12.1 Å². The lowest BCUT2D eigenvalue weighted by atomic mass is 9.90. The molecule has 10 heteroatoms. The van der Waals surface area contributed by atoms with Gasteiger partial charge in [-0.3, -0.25) is 19.3 Å². The highest BCUT2D eigenvalue weighted by Gasteiger charge is 2.46. The number of hydrogen-bond donors (Lipinski definition) is 0. The molecule has 2 heterocycles. The summed E-state index contributed by atoms with van der Waals surface area (Å²) in [4.78, 5) is 64.2. The van der Waals surface area contributed by atoms with Crippen molar-refractivity contribution in [1.29, 1.82) is 0 Å². The molecule has 0 saturated heterocycles. The van der Waals surface area contributed by atoms with Crippen LogP contribution in [0.15, 0.2) is 61.9 Å². The first-order valence-electron chi connectivity index (χ1n) is 12.2. The van der Waals surface area contributed by atoms with Crippen LogP contribution in [0, 0.1) is 13.8 Å². The summed E-state index contributed by atoms with van der Waals surface area (Å²) in [5.74, 6) is -2.29. The lowest BCUT2D eigenvalue weighted by molar-refractivity contribution is -0.153. The largest absolute Gasteiger partial charge is 0.464 e. The highest BCUT2D eigenvalue weighted by Crippen LogP contribution is 2.31. The van der Waals surface area contributed by atoms with Crippen molar-refractivity contribution >= 4 is 40.2 Å². The number of carbonyl (C=O) groups excluding carboxylic acids is 4. The Balaban J connectivity index is 1.64. The molecule has 0 fully saturated rings. The van der Waals surface area contributed by atoms with E-state index in [4.69, 9.17) is 9.15 Å². The van der Waals surface area contributed by atoms with E-state index >= 15 is 0 Å². The monoisotopic (exact) mass is 517 g/mol. The van der Waals surface area contributed by atoms with E-state index < -0.39 is 34.7 Å². The summed E-state index contributed by atoms with van der Waals surface area (Å²) >= 11 is 0. The number of imide groups is 1. The number of fused-ring (bicyclic) bond motifs is 2. The highest BCUT2D eigenvalue weighted by atomic mass is 16.5. The highest BCUT2D eigenvalue weighted by molar-refractivity contribution is 6.21. The minimum Gasteiger partial charge on any atom is -0.464 e. The first kappa shape index (κ1) is 26.6. The van der Waals surface area contributed by atoms with Gasteiger partial charge in [-0.25, -0.2) is 9.59 Å². The number of nitrogens with zero attached hydrogens (tertiary/aromatic N) is 3. The van der Waals surface area contributed by atoms with Crippen molar-refractivity contribution in [3.05, 3.63) is 75.1 Å². The zero-order valence-corrected chi connectivity index (χ0v) is 21.6. The summed E-state index contributed by atoms with van der Waals surface area (Å²) in [5, 5.41) is 9.12. The predicted molar refractivity (Wildman–Crippen MR) is 138 cm³/mol. The van der Waals surface area contributed by atoms with Crippen LogP contribution in [0.2, 0.25) is 0 Å². The van der Waals surface area contributed by atoms with Gasteiger partial charge in [0.2, 0.25) is 5.54 Å². The molecule has 0 bridgehead atoms. The van der Waals surface area contributed by atoms with Crippen LogP contribution < -0.4 is 5.63 Å². The summed E-state index contributed by atoms with van der Waals surface area (Å²) in [5.41, 5.74) is 0.255. The fourth-order valence-corrected chi connectivity index (χ4v) is 4.47. The zero-order valence-electron chi connectivity index (χ0n) is 21.6. The predicted octanol–water partition coefficient (Wildman–Crippen LogP) is 4.46. The number of amides is 2. The Morgan fingerprint density at radius 3 is 2.26 bits per heavy atom. The Morgan fingerprint density at radius 1 is 1.00 bits per heavy atom. The van der Waals surface area contributed by atoms with E-state index in [1.54, 1.807) is 57.2 Å². The van der Waals surface area contributed by atoms with Gasteiger partial charge in [0.1, 0.15) is 5.58 Å². The normalized spacial score (nSPS) is 14.7. The number of benzene rings is 2. The molecule has 196 valence electrons. The summed E-state index contributed by atoms with van der Waals surface area (Å²) in [6.07, 6.45) is -0.0115. The Labute approximate surface area is 218 Å². The van der Waals surface area contributed by atoms with Crippen LogP contribution in [0.25, 0.3) is 11.0 Å². The second kappa shape index (κ2) is 10.5. The molecule has 10 nitrogen and oxygen atoms in total. The number of azo groups is 1. The van der Waals surface area contributed by atoms with Crippen molar-refractivity contribution in [2.24, 2.45) is 10.2 Å². The third kappa shape index (κ3) is 4.77. The van der Waals surface area contributed by atoms with Crippen molar-refractivity contribution in [3.63, 3.8) is 0 Å². The number of aryl methyl sites for hydroxylation is 2. The molecule has 1 aliphatic heterocycles. The van der Waals surface area contributed by atoms with Crippen molar-refractivity contribution in [2.45, 2.75) is 46.1 Å². The maximum Gasteiger partial charge on any atom is 0.343 e. The number of ether oxygens (including phenoxy) is 1. The third-order valence-electron chi connectivity index (χ3n) is 6.59. The van der Waals surface area contributed by atoms with Crippen LogP contribution in [0.5, 0.6) is 0 Å².